The molecule has 0 aromatic heterocycles. The first kappa shape index (κ1) is 24.0. The highest BCUT2D eigenvalue weighted by Crippen LogP contribution is 2.38. The molecule has 0 spiro atoms. The lowest BCUT2D eigenvalue weighted by molar-refractivity contribution is -0.248. The Morgan fingerprint density at radius 3 is 1.82 bits per heavy atom. The molecule has 0 saturated heterocycles. The van der Waals surface area contributed by atoms with Crippen molar-refractivity contribution in [2.75, 3.05) is 14.2 Å². The van der Waals surface area contributed by atoms with Crippen LogP contribution in [0.5, 0.6) is 5.75 Å². The highest BCUT2D eigenvalue weighted by molar-refractivity contribution is 7.86. The Balaban J connectivity index is 3.39. The molecule has 0 fully saturated rings. The lowest BCUT2D eigenvalue weighted by Crippen LogP contribution is -2.52. The number of alkyl halides is 5. The predicted molar refractivity (Wildman–Crippen MR) is 81.3 cm³/mol. The van der Waals surface area contributed by atoms with Gasteiger partial charge in [0, 0.05) is 25.3 Å². The van der Waals surface area contributed by atoms with E-state index >= 15 is 0 Å². The topological polar surface area (TPSA) is 119 Å². The monoisotopic (exact) mass is 438 g/mol. The van der Waals surface area contributed by atoms with Crippen LogP contribution in [0, 0.1) is 0 Å². The van der Waals surface area contributed by atoms with E-state index in [0.29, 0.717) is 0 Å². The average molecular weight is 438 g/mol. The fourth-order valence-corrected chi connectivity index (χ4v) is 2.50. The minimum Gasteiger partial charge on any atom is -0.507 e. The molecule has 0 heterocycles. The molecule has 14 heteroatoms. The summed E-state index contributed by atoms with van der Waals surface area (Å²) < 4.78 is 108. The van der Waals surface area contributed by atoms with Crippen molar-refractivity contribution in [2.45, 2.75) is 30.7 Å². The van der Waals surface area contributed by atoms with E-state index in [4.69, 9.17) is 14.0 Å². The van der Waals surface area contributed by atoms with E-state index in [1.165, 1.54) is 14.2 Å². The summed E-state index contributed by atoms with van der Waals surface area (Å²) in [5.41, 5.74) is -0.930. The Hall–Kier alpha value is -2.03. The van der Waals surface area contributed by atoms with Crippen LogP contribution < -0.4 is 0 Å². The molecule has 0 radical (unpaired) electrons. The minimum atomic E-state index is -6.56. The van der Waals surface area contributed by atoms with Gasteiger partial charge in [0.1, 0.15) is 5.75 Å². The average Bonchev–Trinajstić information content (AvgIpc) is 2.53. The molecule has 28 heavy (non-hydrogen) atoms. The van der Waals surface area contributed by atoms with Crippen LogP contribution in [0.2, 0.25) is 0 Å². The van der Waals surface area contributed by atoms with Gasteiger partial charge in [-0.25, -0.2) is 4.79 Å². The smallest absolute Gasteiger partial charge is 0.432 e. The van der Waals surface area contributed by atoms with Crippen molar-refractivity contribution < 1.29 is 59.0 Å². The third kappa shape index (κ3) is 5.27. The number of halogens is 5. The maximum absolute atomic E-state index is 13.5. The maximum Gasteiger partial charge on any atom is 0.432 e. The molecule has 1 unspecified atom stereocenters. The van der Waals surface area contributed by atoms with Crippen LogP contribution >= 0.6 is 0 Å². The first-order valence-corrected chi connectivity index (χ1v) is 8.56. The molecule has 1 aromatic rings. The largest absolute Gasteiger partial charge is 0.507 e. The van der Waals surface area contributed by atoms with Crippen molar-refractivity contribution in [3.63, 3.8) is 0 Å². The second kappa shape index (κ2) is 8.55. The van der Waals surface area contributed by atoms with Gasteiger partial charge in [-0.15, -0.1) is 0 Å². The van der Waals surface area contributed by atoms with E-state index in [1.807, 2.05) is 0 Å². The molecule has 160 valence electrons. The molecule has 0 aliphatic rings. The number of phenols is 1. The zero-order chi connectivity index (χ0) is 21.9. The first-order valence-electron chi connectivity index (χ1n) is 7.12. The number of ether oxygens (including phenoxy) is 3. The summed E-state index contributed by atoms with van der Waals surface area (Å²) in [6, 6.07) is 1.61. The lowest BCUT2D eigenvalue weighted by Gasteiger charge is -2.26. The van der Waals surface area contributed by atoms with Crippen LogP contribution in [0.1, 0.15) is 21.5 Å². The summed E-state index contributed by atoms with van der Waals surface area (Å²) in [5.74, 6) is -2.41. The SMILES string of the molecule is COCc1cc(C(=O)OC(C(F)(F)F)C(F)(F)S(=O)(=O)O)cc(COC)c1O. The van der Waals surface area contributed by atoms with Crippen LogP contribution in [-0.2, 0) is 37.5 Å². The molecule has 1 aromatic carbocycles. The number of carbonyl (C=O) groups is 1. The van der Waals surface area contributed by atoms with Crippen molar-refractivity contribution in [3.05, 3.63) is 28.8 Å². The van der Waals surface area contributed by atoms with E-state index in [9.17, 15) is 40.3 Å². The number of rotatable bonds is 8. The Morgan fingerprint density at radius 2 is 1.50 bits per heavy atom. The third-order valence-corrected chi connectivity index (χ3v) is 4.18. The van der Waals surface area contributed by atoms with E-state index in [1.54, 1.807) is 0 Å². The summed E-state index contributed by atoms with van der Waals surface area (Å²) in [4.78, 5) is 12.0. The number of phenolic OH excluding ortho intramolecular Hbond substituents is 1. The molecule has 0 amide bonds. The zero-order valence-corrected chi connectivity index (χ0v) is 15.1. The standard InChI is InChI=1S/C14H15F5O8S/c1-25-5-8-3-7(4-9(6-26-2)10(8)20)11(21)27-12(13(15,16)17)14(18,19)28(22,23)24/h3-4,12,20H,5-6H2,1-2H3,(H,22,23,24). The predicted octanol–water partition coefficient (Wildman–Crippen LogP) is 2.25. The molecule has 2 N–H and O–H groups in total. The molecule has 1 rings (SSSR count). The van der Waals surface area contributed by atoms with Gasteiger partial charge >= 0.3 is 27.5 Å². The van der Waals surface area contributed by atoms with Crippen LogP contribution in [0.3, 0.4) is 0 Å². The summed E-state index contributed by atoms with van der Waals surface area (Å²) in [6.45, 7) is -0.624. The van der Waals surface area contributed by atoms with Gasteiger partial charge in [-0.05, 0) is 12.1 Å². The minimum absolute atomic E-state index is 0.103. The number of aromatic hydroxyl groups is 1. The maximum atomic E-state index is 13.5. The van der Waals surface area contributed by atoms with Gasteiger partial charge in [-0.1, -0.05) is 0 Å². The fourth-order valence-electron chi connectivity index (χ4n) is 2.05. The number of hydrogen-bond donors (Lipinski definition) is 2. The Morgan fingerprint density at radius 1 is 1.07 bits per heavy atom. The van der Waals surface area contributed by atoms with Gasteiger partial charge in [0.15, 0.2) is 0 Å². The summed E-state index contributed by atoms with van der Waals surface area (Å²) in [7, 11) is -4.16. The molecule has 0 aliphatic heterocycles. The molecular weight excluding hydrogens is 423 g/mol. The summed E-state index contributed by atoms with van der Waals surface area (Å²) >= 11 is 0. The van der Waals surface area contributed by atoms with Crippen LogP contribution in [0.15, 0.2) is 12.1 Å². The number of hydrogen-bond acceptors (Lipinski definition) is 7. The molecule has 0 saturated carbocycles. The van der Waals surface area contributed by atoms with Crippen molar-refractivity contribution in [2.24, 2.45) is 0 Å². The van der Waals surface area contributed by atoms with Crippen molar-refractivity contribution >= 4 is 16.1 Å². The van der Waals surface area contributed by atoms with Gasteiger partial charge in [0.2, 0.25) is 0 Å². The van der Waals surface area contributed by atoms with Crippen LogP contribution in [-0.4, -0.2) is 55.8 Å². The third-order valence-electron chi connectivity index (χ3n) is 3.27. The van der Waals surface area contributed by atoms with Gasteiger partial charge in [-0.2, -0.15) is 30.4 Å². The Labute approximate surface area is 155 Å². The van der Waals surface area contributed by atoms with Gasteiger partial charge in [0.25, 0.3) is 6.10 Å². The number of methoxy groups -OCH3 is 2. The van der Waals surface area contributed by atoms with Crippen LogP contribution in [0.25, 0.3) is 0 Å². The van der Waals surface area contributed by atoms with E-state index in [-0.39, 0.29) is 24.3 Å². The molecule has 8 nitrogen and oxygen atoms in total. The normalized spacial score (nSPS) is 14.0. The van der Waals surface area contributed by atoms with Gasteiger partial charge < -0.3 is 19.3 Å². The number of carbonyl (C=O) groups excluding carboxylic acids is 1. The first-order chi connectivity index (χ1) is 12.7. The second-order valence-corrected chi connectivity index (χ2v) is 6.87. The number of benzene rings is 1. The van der Waals surface area contributed by atoms with E-state index in [2.05, 4.69) is 4.74 Å². The molecule has 0 aliphatic carbocycles. The van der Waals surface area contributed by atoms with E-state index < -0.39 is 44.9 Å². The second-order valence-electron chi connectivity index (χ2n) is 5.37. The van der Waals surface area contributed by atoms with Crippen LogP contribution in [0.4, 0.5) is 22.0 Å². The fraction of sp³-hybridized carbons (Fsp3) is 0.500. The van der Waals surface area contributed by atoms with Crippen molar-refractivity contribution in [3.8, 4) is 5.75 Å². The van der Waals surface area contributed by atoms with Crippen molar-refractivity contribution in [1.29, 1.82) is 0 Å². The lowest BCUT2D eigenvalue weighted by atomic mass is 10.0. The summed E-state index contributed by atoms with van der Waals surface area (Å²) in [6.07, 6.45) is -10.5. The quantitative estimate of drug-likeness (QED) is 0.360. The Kier molecular flexibility index (Phi) is 7.33. The Bertz CT molecular complexity index is 795. The van der Waals surface area contributed by atoms with Crippen molar-refractivity contribution in [1.82, 2.24) is 0 Å². The molecule has 1 atom stereocenters. The van der Waals surface area contributed by atoms with Gasteiger partial charge in [0.05, 0.1) is 18.8 Å². The molecular formula is C14H15F5O8S. The molecule has 0 bridgehead atoms. The van der Waals surface area contributed by atoms with Gasteiger partial charge in [-0.3, -0.25) is 4.55 Å². The number of esters is 1. The summed E-state index contributed by atoms with van der Waals surface area (Å²) in [5, 5.41) is 4.12. The highest BCUT2D eigenvalue weighted by atomic mass is 32.2. The highest BCUT2D eigenvalue weighted by Gasteiger charge is 2.66. The van der Waals surface area contributed by atoms with E-state index in [0.717, 1.165) is 12.1 Å². The zero-order valence-electron chi connectivity index (χ0n) is 14.3.